The Balaban J connectivity index is 2.07. The molecule has 0 saturated heterocycles. The van der Waals surface area contributed by atoms with Gasteiger partial charge in [0.25, 0.3) is 5.91 Å². The summed E-state index contributed by atoms with van der Waals surface area (Å²) in [6, 6.07) is 3.34. The third-order valence-corrected chi connectivity index (χ3v) is 4.74. The highest BCUT2D eigenvalue weighted by Gasteiger charge is 2.39. The van der Waals surface area contributed by atoms with Crippen LogP contribution in [-0.4, -0.2) is 28.5 Å². The molecule has 1 heterocycles. The van der Waals surface area contributed by atoms with Gasteiger partial charge in [0.2, 0.25) is 0 Å². The summed E-state index contributed by atoms with van der Waals surface area (Å²) < 4.78 is 0.466. The van der Waals surface area contributed by atoms with Crippen molar-refractivity contribution in [2.75, 3.05) is 6.54 Å². The van der Waals surface area contributed by atoms with E-state index in [1.165, 1.54) is 0 Å². The Morgan fingerprint density at radius 2 is 1.95 bits per heavy atom. The third-order valence-electron chi connectivity index (χ3n) is 4.11. The maximum absolute atomic E-state index is 12.2. The SMILES string of the molecule is O=C(NCC1(C(=O)O)CCCCCC1)c1cccnc1Br. The van der Waals surface area contributed by atoms with E-state index in [1.807, 2.05) is 0 Å². The van der Waals surface area contributed by atoms with E-state index in [0.717, 1.165) is 25.7 Å². The molecule has 0 unspecified atom stereocenters. The first-order valence-corrected chi connectivity index (χ1v) is 7.97. The zero-order valence-electron chi connectivity index (χ0n) is 11.8. The average Bonchev–Trinajstić information content (AvgIpc) is 2.72. The highest BCUT2D eigenvalue weighted by atomic mass is 79.9. The van der Waals surface area contributed by atoms with E-state index in [1.54, 1.807) is 18.3 Å². The Labute approximate surface area is 132 Å². The molecule has 1 aliphatic carbocycles. The standard InChI is InChI=1S/C15H19BrN2O3/c16-12-11(6-5-9-17-12)13(19)18-10-15(14(20)21)7-3-1-2-4-8-15/h5-6,9H,1-4,7-8,10H2,(H,18,19)(H,20,21). The average molecular weight is 355 g/mol. The Kier molecular flexibility index (Phi) is 5.33. The molecule has 0 atom stereocenters. The lowest BCUT2D eigenvalue weighted by molar-refractivity contribution is -0.149. The predicted octanol–water partition coefficient (Wildman–Crippen LogP) is 3.00. The molecule has 2 rings (SSSR count). The number of nitrogens with zero attached hydrogens (tertiary/aromatic N) is 1. The molecule has 0 spiro atoms. The van der Waals surface area contributed by atoms with Gasteiger partial charge in [-0.2, -0.15) is 0 Å². The monoisotopic (exact) mass is 354 g/mol. The van der Waals surface area contributed by atoms with Crippen LogP contribution >= 0.6 is 15.9 Å². The fourth-order valence-corrected chi connectivity index (χ4v) is 3.20. The van der Waals surface area contributed by atoms with Crippen LogP contribution in [0.4, 0.5) is 0 Å². The van der Waals surface area contributed by atoms with E-state index in [0.29, 0.717) is 23.0 Å². The second-order valence-corrected chi connectivity index (χ2v) is 6.28. The van der Waals surface area contributed by atoms with Crippen LogP contribution in [-0.2, 0) is 4.79 Å². The number of carbonyl (C=O) groups is 2. The quantitative estimate of drug-likeness (QED) is 0.643. The molecule has 1 fully saturated rings. The van der Waals surface area contributed by atoms with Crippen LogP contribution in [0.2, 0.25) is 0 Å². The van der Waals surface area contributed by atoms with Crippen molar-refractivity contribution in [2.24, 2.45) is 5.41 Å². The third kappa shape index (κ3) is 3.81. The van der Waals surface area contributed by atoms with Gasteiger partial charge >= 0.3 is 5.97 Å². The highest BCUT2D eigenvalue weighted by Crippen LogP contribution is 2.35. The molecule has 0 radical (unpaired) electrons. The number of hydrogen-bond donors (Lipinski definition) is 2. The second-order valence-electron chi connectivity index (χ2n) is 5.52. The normalized spacial score (nSPS) is 17.8. The number of hydrogen-bond acceptors (Lipinski definition) is 3. The first kappa shape index (κ1) is 15.9. The molecule has 1 saturated carbocycles. The van der Waals surface area contributed by atoms with Gasteiger partial charge in [-0.15, -0.1) is 0 Å². The fraction of sp³-hybridized carbons (Fsp3) is 0.533. The fourth-order valence-electron chi connectivity index (χ4n) is 2.77. The number of rotatable bonds is 4. The van der Waals surface area contributed by atoms with Gasteiger partial charge in [0.15, 0.2) is 0 Å². The zero-order chi connectivity index (χ0) is 15.3. The number of halogens is 1. The Bertz CT molecular complexity index is 525. The lowest BCUT2D eigenvalue weighted by Crippen LogP contribution is -2.43. The number of carbonyl (C=O) groups excluding carboxylic acids is 1. The van der Waals surface area contributed by atoms with Crippen LogP contribution in [0.25, 0.3) is 0 Å². The molecular formula is C15H19BrN2O3. The molecule has 1 aromatic rings. The highest BCUT2D eigenvalue weighted by molar-refractivity contribution is 9.10. The maximum Gasteiger partial charge on any atom is 0.311 e. The van der Waals surface area contributed by atoms with Crippen molar-refractivity contribution in [2.45, 2.75) is 38.5 Å². The molecule has 114 valence electrons. The van der Waals surface area contributed by atoms with Crippen LogP contribution in [0, 0.1) is 5.41 Å². The van der Waals surface area contributed by atoms with Gasteiger partial charge in [-0.3, -0.25) is 9.59 Å². The summed E-state index contributed by atoms with van der Waals surface area (Å²) in [5.74, 6) is -1.10. The van der Waals surface area contributed by atoms with Gasteiger partial charge in [0.05, 0.1) is 11.0 Å². The number of nitrogens with one attached hydrogen (secondary N) is 1. The number of pyridine rings is 1. The number of aromatic nitrogens is 1. The van der Waals surface area contributed by atoms with Gasteiger partial charge < -0.3 is 10.4 Å². The van der Waals surface area contributed by atoms with Gasteiger partial charge in [0.1, 0.15) is 4.60 Å². The van der Waals surface area contributed by atoms with Crippen molar-refractivity contribution in [3.8, 4) is 0 Å². The first-order valence-electron chi connectivity index (χ1n) is 7.17. The number of aliphatic carboxylic acids is 1. The molecule has 5 nitrogen and oxygen atoms in total. The van der Waals surface area contributed by atoms with Crippen molar-refractivity contribution in [1.29, 1.82) is 0 Å². The molecular weight excluding hydrogens is 336 g/mol. The largest absolute Gasteiger partial charge is 0.481 e. The maximum atomic E-state index is 12.2. The molecule has 2 N–H and O–H groups in total. The number of carboxylic acid groups (broad SMARTS) is 1. The molecule has 1 aliphatic rings. The van der Waals surface area contributed by atoms with E-state index < -0.39 is 11.4 Å². The van der Waals surface area contributed by atoms with Crippen LogP contribution in [0.15, 0.2) is 22.9 Å². The van der Waals surface area contributed by atoms with Crippen molar-refractivity contribution in [3.05, 3.63) is 28.5 Å². The summed E-state index contributed by atoms with van der Waals surface area (Å²) in [6.45, 7) is 0.169. The predicted molar refractivity (Wildman–Crippen MR) is 82.0 cm³/mol. The number of amides is 1. The smallest absolute Gasteiger partial charge is 0.311 e. The number of carboxylic acids is 1. The summed E-state index contributed by atoms with van der Waals surface area (Å²) in [5.41, 5.74) is -0.410. The molecule has 6 heteroatoms. The minimum atomic E-state index is -0.832. The molecule has 21 heavy (non-hydrogen) atoms. The summed E-state index contributed by atoms with van der Waals surface area (Å²) in [7, 11) is 0. The van der Waals surface area contributed by atoms with E-state index >= 15 is 0 Å². The summed E-state index contributed by atoms with van der Waals surface area (Å²) in [6.07, 6.45) is 6.77. The Morgan fingerprint density at radius 1 is 1.29 bits per heavy atom. The van der Waals surface area contributed by atoms with Crippen LogP contribution < -0.4 is 5.32 Å². The van der Waals surface area contributed by atoms with Crippen LogP contribution in [0.5, 0.6) is 0 Å². The summed E-state index contributed by atoms with van der Waals surface area (Å²) >= 11 is 3.23. The summed E-state index contributed by atoms with van der Waals surface area (Å²) in [4.78, 5) is 27.9. The van der Waals surface area contributed by atoms with Gasteiger partial charge in [-0.1, -0.05) is 25.7 Å². The minimum absolute atomic E-state index is 0.169. The van der Waals surface area contributed by atoms with Crippen molar-refractivity contribution >= 4 is 27.8 Å². The van der Waals surface area contributed by atoms with Gasteiger partial charge in [-0.25, -0.2) is 4.98 Å². The Hall–Kier alpha value is -1.43. The van der Waals surface area contributed by atoms with Gasteiger partial charge in [0, 0.05) is 12.7 Å². The van der Waals surface area contributed by atoms with Crippen LogP contribution in [0.3, 0.4) is 0 Å². The summed E-state index contributed by atoms with van der Waals surface area (Å²) in [5, 5.41) is 12.3. The first-order chi connectivity index (χ1) is 10.1. The van der Waals surface area contributed by atoms with E-state index in [2.05, 4.69) is 26.2 Å². The topological polar surface area (TPSA) is 79.3 Å². The van der Waals surface area contributed by atoms with Crippen molar-refractivity contribution < 1.29 is 14.7 Å². The van der Waals surface area contributed by atoms with Crippen molar-refractivity contribution in [1.82, 2.24) is 10.3 Å². The molecule has 1 aromatic heterocycles. The van der Waals surface area contributed by atoms with Crippen molar-refractivity contribution in [3.63, 3.8) is 0 Å². The lowest BCUT2D eigenvalue weighted by atomic mass is 9.80. The lowest BCUT2D eigenvalue weighted by Gasteiger charge is -2.28. The Morgan fingerprint density at radius 3 is 2.52 bits per heavy atom. The van der Waals surface area contributed by atoms with Gasteiger partial charge in [-0.05, 0) is 40.9 Å². The van der Waals surface area contributed by atoms with E-state index in [-0.39, 0.29) is 12.5 Å². The molecule has 1 amide bonds. The molecule has 0 bridgehead atoms. The molecule has 0 aromatic carbocycles. The second kappa shape index (κ2) is 7.02. The van der Waals surface area contributed by atoms with Crippen LogP contribution in [0.1, 0.15) is 48.9 Å². The minimum Gasteiger partial charge on any atom is -0.481 e. The van der Waals surface area contributed by atoms with E-state index in [9.17, 15) is 14.7 Å². The van der Waals surface area contributed by atoms with E-state index in [4.69, 9.17) is 0 Å². The molecule has 0 aliphatic heterocycles. The zero-order valence-corrected chi connectivity index (χ0v) is 13.4.